The molecule has 4 heteroatoms. The van der Waals surface area contributed by atoms with Crippen LogP contribution in [0.2, 0.25) is 0 Å². The van der Waals surface area contributed by atoms with E-state index >= 15 is 0 Å². The molecule has 1 aliphatic rings. The number of rotatable bonds is 7. The number of amides is 1. The first-order valence-corrected chi connectivity index (χ1v) is 8.63. The van der Waals surface area contributed by atoms with E-state index in [4.69, 9.17) is 9.47 Å². The van der Waals surface area contributed by atoms with Gasteiger partial charge in [0.05, 0.1) is 0 Å². The van der Waals surface area contributed by atoms with Crippen LogP contribution in [0.3, 0.4) is 0 Å². The molecule has 25 heavy (non-hydrogen) atoms. The lowest BCUT2D eigenvalue weighted by molar-refractivity contribution is -0.118. The molecule has 0 saturated carbocycles. The molecule has 130 valence electrons. The van der Waals surface area contributed by atoms with Crippen molar-refractivity contribution in [3.63, 3.8) is 0 Å². The maximum Gasteiger partial charge on any atom is 0.262 e. The SMILES string of the molecule is C=CCOc1cccc(NC(=O)COc2cccc3c2CCCC3)c1. The fraction of sp³-hybridized carbons (Fsp3) is 0.286. The van der Waals surface area contributed by atoms with Crippen molar-refractivity contribution in [2.75, 3.05) is 18.5 Å². The Morgan fingerprint density at radius 1 is 1.12 bits per heavy atom. The van der Waals surface area contributed by atoms with E-state index in [9.17, 15) is 4.79 Å². The van der Waals surface area contributed by atoms with E-state index in [2.05, 4.69) is 18.0 Å². The summed E-state index contributed by atoms with van der Waals surface area (Å²) in [5, 5.41) is 2.84. The summed E-state index contributed by atoms with van der Waals surface area (Å²) in [7, 11) is 0. The Kier molecular flexibility index (Phi) is 5.73. The Balaban J connectivity index is 1.58. The first-order valence-electron chi connectivity index (χ1n) is 8.63. The molecular weight excluding hydrogens is 314 g/mol. The highest BCUT2D eigenvalue weighted by Gasteiger charge is 2.14. The lowest BCUT2D eigenvalue weighted by atomic mass is 9.91. The average Bonchev–Trinajstić information content (AvgIpc) is 2.65. The number of carbonyl (C=O) groups excluding carboxylic acids is 1. The van der Waals surface area contributed by atoms with Crippen molar-refractivity contribution in [1.82, 2.24) is 0 Å². The topological polar surface area (TPSA) is 47.6 Å². The van der Waals surface area contributed by atoms with Crippen molar-refractivity contribution in [2.45, 2.75) is 25.7 Å². The number of hydrogen-bond acceptors (Lipinski definition) is 3. The lowest BCUT2D eigenvalue weighted by Crippen LogP contribution is -2.21. The molecule has 4 nitrogen and oxygen atoms in total. The summed E-state index contributed by atoms with van der Waals surface area (Å²) >= 11 is 0. The van der Waals surface area contributed by atoms with E-state index in [1.54, 1.807) is 12.1 Å². The molecule has 0 aromatic heterocycles. The van der Waals surface area contributed by atoms with Gasteiger partial charge in [0.25, 0.3) is 5.91 Å². The first kappa shape index (κ1) is 17.1. The third-order valence-electron chi connectivity index (χ3n) is 4.20. The summed E-state index contributed by atoms with van der Waals surface area (Å²) in [6.07, 6.45) is 6.20. The zero-order chi connectivity index (χ0) is 17.5. The molecule has 2 aromatic carbocycles. The van der Waals surface area contributed by atoms with E-state index in [0.29, 0.717) is 18.0 Å². The molecule has 0 radical (unpaired) electrons. The fourth-order valence-electron chi connectivity index (χ4n) is 3.04. The zero-order valence-corrected chi connectivity index (χ0v) is 14.3. The smallest absolute Gasteiger partial charge is 0.262 e. The molecule has 0 aliphatic heterocycles. The van der Waals surface area contributed by atoms with Crippen LogP contribution in [-0.4, -0.2) is 19.1 Å². The van der Waals surface area contributed by atoms with Gasteiger partial charge < -0.3 is 14.8 Å². The summed E-state index contributed by atoms with van der Waals surface area (Å²) in [5.41, 5.74) is 3.28. The van der Waals surface area contributed by atoms with Crippen molar-refractivity contribution in [1.29, 1.82) is 0 Å². The molecule has 0 unspecified atom stereocenters. The van der Waals surface area contributed by atoms with Gasteiger partial charge in [-0.05, 0) is 55.0 Å². The van der Waals surface area contributed by atoms with E-state index < -0.39 is 0 Å². The molecular formula is C21H23NO3. The number of aryl methyl sites for hydroxylation is 1. The van der Waals surface area contributed by atoms with E-state index in [1.807, 2.05) is 30.3 Å². The maximum absolute atomic E-state index is 12.2. The normalized spacial score (nSPS) is 12.8. The average molecular weight is 337 g/mol. The van der Waals surface area contributed by atoms with Crippen LogP contribution in [0.5, 0.6) is 11.5 Å². The first-order chi connectivity index (χ1) is 12.3. The molecule has 0 fully saturated rings. The van der Waals surface area contributed by atoms with Gasteiger partial charge in [-0.1, -0.05) is 30.9 Å². The Bertz CT molecular complexity index is 755. The largest absolute Gasteiger partial charge is 0.489 e. The molecule has 3 rings (SSSR count). The number of anilines is 1. The van der Waals surface area contributed by atoms with E-state index in [1.165, 1.54) is 24.0 Å². The van der Waals surface area contributed by atoms with Crippen LogP contribution in [0.15, 0.2) is 55.1 Å². The predicted molar refractivity (Wildman–Crippen MR) is 99.3 cm³/mol. The molecule has 2 aromatic rings. The Hall–Kier alpha value is -2.75. The van der Waals surface area contributed by atoms with Crippen molar-refractivity contribution >= 4 is 11.6 Å². The third kappa shape index (κ3) is 4.63. The molecule has 0 atom stereocenters. The number of benzene rings is 2. The van der Waals surface area contributed by atoms with Gasteiger partial charge in [0.15, 0.2) is 6.61 Å². The van der Waals surface area contributed by atoms with Crippen LogP contribution in [0.4, 0.5) is 5.69 Å². The second kappa shape index (κ2) is 8.38. The molecule has 0 heterocycles. The third-order valence-corrected chi connectivity index (χ3v) is 4.20. The van der Waals surface area contributed by atoms with Gasteiger partial charge in [-0.2, -0.15) is 0 Å². The number of fused-ring (bicyclic) bond motifs is 1. The van der Waals surface area contributed by atoms with Crippen LogP contribution in [-0.2, 0) is 17.6 Å². The Morgan fingerprint density at radius 2 is 1.96 bits per heavy atom. The molecule has 1 aliphatic carbocycles. The quantitative estimate of drug-likeness (QED) is 0.772. The summed E-state index contributed by atoms with van der Waals surface area (Å²) < 4.78 is 11.2. The van der Waals surface area contributed by atoms with Crippen LogP contribution >= 0.6 is 0 Å². The zero-order valence-electron chi connectivity index (χ0n) is 14.3. The number of hydrogen-bond donors (Lipinski definition) is 1. The fourth-order valence-corrected chi connectivity index (χ4v) is 3.04. The Morgan fingerprint density at radius 3 is 2.84 bits per heavy atom. The van der Waals surface area contributed by atoms with Crippen LogP contribution in [0.1, 0.15) is 24.0 Å². The molecule has 1 N–H and O–H groups in total. The van der Waals surface area contributed by atoms with Gasteiger partial charge in [-0.25, -0.2) is 0 Å². The highest BCUT2D eigenvalue weighted by atomic mass is 16.5. The maximum atomic E-state index is 12.2. The Labute approximate surface area is 148 Å². The number of ether oxygens (including phenoxy) is 2. The minimum Gasteiger partial charge on any atom is -0.489 e. The van der Waals surface area contributed by atoms with Gasteiger partial charge >= 0.3 is 0 Å². The molecule has 1 amide bonds. The predicted octanol–water partition coefficient (Wildman–Crippen LogP) is 4.15. The van der Waals surface area contributed by atoms with Gasteiger partial charge in [0, 0.05) is 11.8 Å². The minimum absolute atomic E-state index is 0.00576. The highest BCUT2D eigenvalue weighted by Crippen LogP contribution is 2.29. The standard InChI is InChI=1S/C21H23NO3/c1-2-13-24-18-10-6-9-17(14-18)22-21(23)15-25-20-12-5-8-16-7-3-4-11-19(16)20/h2,5-6,8-10,12,14H,1,3-4,7,11,13,15H2,(H,22,23). The van der Waals surface area contributed by atoms with Gasteiger partial charge in [0.1, 0.15) is 18.1 Å². The van der Waals surface area contributed by atoms with Crippen molar-refractivity contribution < 1.29 is 14.3 Å². The van der Waals surface area contributed by atoms with Crippen molar-refractivity contribution in [3.05, 3.63) is 66.2 Å². The summed E-state index contributed by atoms with van der Waals surface area (Å²) in [5.74, 6) is 1.33. The van der Waals surface area contributed by atoms with Crippen LogP contribution in [0.25, 0.3) is 0 Å². The van der Waals surface area contributed by atoms with Crippen molar-refractivity contribution in [3.8, 4) is 11.5 Å². The number of nitrogens with one attached hydrogen (secondary N) is 1. The second-order valence-electron chi connectivity index (χ2n) is 6.07. The molecule has 0 spiro atoms. The lowest BCUT2D eigenvalue weighted by Gasteiger charge is -2.19. The molecule has 0 saturated heterocycles. The van der Waals surface area contributed by atoms with Crippen LogP contribution in [0, 0.1) is 0 Å². The summed E-state index contributed by atoms with van der Waals surface area (Å²) in [6.45, 7) is 4.04. The second-order valence-corrected chi connectivity index (χ2v) is 6.07. The minimum atomic E-state index is -0.186. The monoisotopic (exact) mass is 337 g/mol. The highest BCUT2D eigenvalue weighted by molar-refractivity contribution is 5.92. The number of carbonyl (C=O) groups is 1. The van der Waals surface area contributed by atoms with Crippen LogP contribution < -0.4 is 14.8 Å². The van der Waals surface area contributed by atoms with Crippen molar-refractivity contribution in [2.24, 2.45) is 0 Å². The van der Waals surface area contributed by atoms with E-state index in [0.717, 1.165) is 18.6 Å². The summed E-state index contributed by atoms with van der Waals surface area (Å²) in [6, 6.07) is 13.4. The summed E-state index contributed by atoms with van der Waals surface area (Å²) in [4.78, 5) is 12.2. The van der Waals surface area contributed by atoms with Gasteiger partial charge in [-0.3, -0.25) is 4.79 Å². The van der Waals surface area contributed by atoms with Gasteiger partial charge in [0.2, 0.25) is 0 Å². The van der Waals surface area contributed by atoms with E-state index in [-0.39, 0.29) is 12.5 Å². The van der Waals surface area contributed by atoms with Gasteiger partial charge in [-0.15, -0.1) is 0 Å². The molecule has 0 bridgehead atoms.